The fourth-order valence-electron chi connectivity index (χ4n) is 3.03. The number of nitrogens with zero attached hydrogens (tertiary/aromatic N) is 2. The number of hydrogen-bond acceptors (Lipinski definition) is 3. The molecule has 25 heavy (non-hydrogen) atoms. The topological polar surface area (TPSA) is 69.7 Å². The maximum absolute atomic E-state index is 12.7. The minimum Gasteiger partial charge on any atom is -0.335 e. The highest BCUT2D eigenvalue weighted by Crippen LogP contribution is 2.20. The second-order valence-corrected chi connectivity index (χ2v) is 7.23. The molecule has 1 heterocycles. The highest BCUT2D eigenvalue weighted by atomic mass is 79.9. The third-order valence-corrected chi connectivity index (χ3v) is 4.87. The molecule has 0 bridgehead atoms. The summed E-state index contributed by atoms with van der Waals surface area (Å²) in [5.74, 6) is -0.437. The van der Waals surface area contributed by atoms with Gasteiger partial charge in [0.1, 0.15) is 6.04 Å². The first-order valence-electron chi connectivity index (χ1n) is 8.44. The summed E-state index contributed by atoms with van der Waals surface area (Å²) in [6.45, 7) is 4.35. The van der Waals surface area contributed by atoms with Crippen molar-refractivity contribution in [2.24, 2.45) is 0 Å². The lowest BCUT2D eigenvalue weighted by atomic mass is 10.1. The summed E-state index contributed by atoms with van der Waals surface area (Å²) in [7, 11) is 1.60. The van der Waals surface area contributed by atoms with Gasteiger partial charge in [-0.25, -0.2) is 0 Å². The average molecular weight is 410 g/mol. The molecule has 0 spiro atoms. The van der Waals surface area contributed by atoms with Crippen molar-refractivity contribution < 1.29 is 14.4 Å². The van der Waals surface area contributed by atoms with Crippen LogP contribution in [0.1, 0.15) is 31.7 Å². The molecule has 1 aliphatic heterocycles. The van der Waals surface area contributed by atoms with Gasteiger partial charge in [0.25, 0.3) is 0 Å². The Kier molecular flexibility index (Phi) is 6.58. The van der Waals surface area contributed by atoms with Gasteiger partial charge in [-0.3, -0.25) is 14.4 Å². The van der Waals surface area contributed by atoms with E-state index in [0.717, 1.165) is 22.1 Å². The Bertz CT molecular complexity index is 678. The molecule has 2 rings (SSSR count). The average Bonchev–Trinajstić information content (AvgIpc) is 2.97. The third kappa shape index (κ3) is 4.81. The molecule has 3 amide bonds. The summed E-state index contributed by atoms with van der Waals surface area (Å²) in [6.07, 6.45) is 1.83. The van der Waals surface area contributed by atoms with E-state index in [1.807, 2.05) is 32.0 Å². The van der Waals surface area contributed by atoms with Crippen molar-refractivity contribution in [3.8, 4) is 0 Å². The summed E-state index contributed by atoms with van der Waals surface area (Å²) >= 11 is 3.38. The van der Waals surface area contributed by atoms with Crippen molar-refractivity contribution in [2.45, 2.75) is 39.2 Å². The Labute approximate surface area is 156 Å². The predicted molar refractivity (Wildman–Crippen MR) is 100 cm³/mol. The van der Waals surface area contributed by atoms with Crippen molar-refractivity contribution in [3.63, 3.8) is 0 Å². The molecular weight excluding hydrogens is 386 g/mol. The van der Waals surface area contributed by atoms with Crippen LogP contribution in [0.5, 0.6) is 0 Å². The van der Waals surface area contributed by atoms with Crippen molar-refractivity contribution in [3.05, 3.63) is 28.2 Å². The number of likely N-dealkylation sites (N-methyl/N-ethyl adjacent to an activating group) is 1. The molecule has 1 fully saturated rings. The van der Waals surface area contributed by atoms with Gasteiger partial charge in [0, 0.05) is 30.2 Å². The van der Waals surface area contributed by atoms with Gasteiger partial charge in [0.05, 0.1) is 6.54 Å². The predicted octanol–water partition coefficient (Wildman–Crippen LogP) is 2.56. The van der Waals surface area contributed by atoms with E-state index < -0.39 is 6.04 Å². The van der Waals surface area contributed by atoms with Crippen LogP contribution < -0.4 is 5.32 Å². The van der Waals surface area contributed by atoms with Crippen LogP contribution in [0.3, 0.4) is 0 Å². The number of carbonyl (C=O) groups is 3. The Morgan fingerprint density at radius 1 is 1.40 bits per heavy atom. The quantitative estimate of drug-likeness (QED) is 0.784. The van der Waals surface area contributed by atoms with Gasteiger partial charge in [0.15, 0.2) is 0 Å². The maximum atomic E-state index is 12.7. The fourth-order valence-corrected chi connectivity index (χ4v) is 3.51. The van der Waals surface area contributed by atoms with Gasteiger partial charge in [-0.1, -0.05) is 22.9 Å². The van der Waals surface area contributed by atoms with Gasteiger partial charge < -0.3 is 15.1 Å². The monoisotopic (exact) mass is 409 g/mol. The molecule has 0 aliphatic carbocycles. The number of carbonyl (C=O) groups excluding carboxylic acids is 3. The van der Waals surface area contributed by atoms with Gasteiger partial charge in [0.2, 0.25) is 17.7 Å². The van der Waals surface area contributed by atoms with E-state index in [1.165, 1.54) is 4.90 Å². The number of halogens is 1. The molecule has 0 saturated carbocycles. The molecule has 1 atom stereocenters. The van der Waals surface area contributed by atoms with Gasteiger partial charge >= 0.3 is 0 Å². The number of hydrogen-bond donors (Lipinski definition) is 1. The van der Waals surface area contributed by atoms with Crippen LogP contribution in [0.4, 0.5) is 5.69 Å². The van der Waals surface area contributed by atoms with Crippen LogP contribution in [0.25, 0.3) is 0 Å². The van der Waals surface area contributed by atoms with Crippen LogP contribution in [0, 0.1) is 6.92 Å². The summed E-state index contributed by atoms with van der Waals surface area (Å²) in [4.78, 5) is 39.8. The van der Waals surface area contributed by atoms with Crippen LogP contribution in [0.15, 0.2) is 22.7 Å². The Morgan fingerprint density at radius 3 is 2.68 bits per heavy atom. The van der Waals surface area contributed by atoms with Crippen LogP contribution in [-0.4, -0.2) is 53.7 Å². The molecule has 0 aromatic heterocycles. The molecule has 1 aliphatic rings. The summed E-state index contributed by atoms with van der Waals surface area (Å²) < 4.78 is 0.941. The Hall–Kier alpha value is -1.89. The van der Waals surface area contributed by atoms with E-state index in [4.69, 9.17) is 0 Å². The summed E-state index contributed by atoms with van der Waals surface area (Å²) in [6, 6.07) is 5.10. The van der Waals surface area contributed by atoms with Gasteiger partial charge in [-0.15, -0.1) is 0 Å². The van der Waals surface area contributed by atoms with E-state index in [0.29, 0.717) is 19.4 Å². The maximum Gasteiger partial charge on any atom is 0.245 e. The first kappa shape index (κ1) is 19.4. The van der Waals surface area contributed by atoms with Crippen molar-refractivity contribution in [1.82, 2.24) is 9.80 Å². The number of anilines is 1. The number of aryl methyl sites for hydroxylation is 1. The largest absolute Gasteiger partial charge is 0.335 e. The molecular formula is C18H24BrN3O3. The van der Waals surface area contributed by atoms with Gasteiger partial charge in [-0.05, 0) is 43.5 Å². The third-order valence-electron chi connectivity index (χ3n) is 4.38. The lowest BCUT2D eigenvalue weighted by molar-refractivity contribution is -0.143. The molecule has 136 valence electrons. The zero-order valence-corrected chi connectivity index (χ0v) is 16.4. The first-order valence-corrected chi connectivity index (χ1v) is 9.23. The Balaban J connectivity index is 1.97. The summed E-state index contributed by atoms with van der Waals surface area (Å²) in [5, 5.41) is 2.82. The van der Waals surface area contributed by atoms with Crippen LogP contribution in [-0.2, 0) is 14.4 Å². The highest BCUT2D eigenvalue weighted by Gasteiger charge is 2.33. The first-order chi connectivity index (χ1) is 11.8. The molecule has 1 saturated heterocycles. The van der Waals surface area contributed by atoms with Gasteiger partial charge in [-0.2, -0.15) is 0 Å². The smallest absolute Gasteiger partial charge is 0.245 e. The zero-order valence-electron chi connectivity index (χ0n) is 14.8. The molecule has 0 radical (unpaired) electrons. The number of nitrogens with one attached hydrogen (secondary N) is 1. The zero-order chi connectivity index (χ0) is 18.6. The number of likely N-dealkylation sites (tertiary alicyclic amines) is 1. The second-order valence-electron chi connectivity index (χ2n) is 6.32. The molecule has 1 aromatic rings. The van der Waals surface area contributed by atoms with Crippen molar-refractivity contribution in [2.75, 3.05) is 25.5 Å². The van der Waals surface area contributed by atoms with E-state index in [1.54, 1.807) is 11.9 Å². The van der Waals surface area contributed by atoms with E-state index in [2.05, 4.69) is 21.2 Å². The number of benzene rings is 1. The molecule has 6 nitrogen and oxygen atoms in total. The van der Waals surface area contributed by atoms with Crippen LogP contribution in [0.2, 0.25) is 0 Å². The Morgan fingerprint density at radius 2 is 2.12 bits per heavy atom. The highest BCUT2D eigenvalue weighted by molar-refractivity contribution is 9.10. The fraction of sp³-hybridized carbons (Fsp3) is 0.500. The second kappa shape index (κ2) is 8.47. The minimum absolute atomic E-state index is 0.0172. The van der Waals surface area contributed by atoms with E-state index in [9.17, 15) is 14.4 Å². The lowest BCUT2D eigenvalue weighted by Gasteiger charge is -2.29. The number of rotatable bonds is 6. The van der Waals surface area contributed by atoms with E-state index in [-0.39, 0.29) is 24.3 Å². The summed E-state index contributed by atoms with van der Waals surface area (Å²) in [5.41, 5.74) is 1.65. The van der Waals surface area contributed by atoms with Crippen molar-refractivity contribution in [1.29, 1.82) is 0 Å². The SMILES string of the molecule is CC[C@H](C(=O)N(C)CC(=O)Nc1ccc(Br)cc1C)N1CCCC1=O. The molecule has 1 N–H and O–H groups in total. The molecule has 0 unspecified atom stereocenters. The van der Waals surface area contributed by atoms with E-state index >= 15 is 0 Å². The molecule has 7 heteroatoms. The van der Waals surface area contributed by atoms with Crippen LogP contribution >= 0.6 is 15.9 Å². The molecule has 1 aromatic carbocycles. The van der Waals surface area contributed by atoms with Crippen molar-refractivity contribution >= 4 is 39.3 Å². The number of amides is 3. The lowest BCUT2D eigenvalue weighted by Crippen LogP contribution is -2.49. The standard InChI is InChI=1S/C18H24BrN3O3/c1-4-15(22-9-5-6-17(22)24)18(25)21(3)11-16(23)20-14-8-7-13(19)10-12(14)2/h7-8,10,15H,4-6,9,11H2,1-3H3,(H,20,23)/t15-/m1/s1. The minimum atomic E-state index is -0.484. The normalized spacial score (nSPS) is 15.2.